The first-order chi connectivity index (χ1) is 8.88. The predicted octanol–water partition coefficient (Wildman–Crippen LogP) is 2.29. The Morgan fingerprint density at radius 1 is 1.37 bits per heavy atom. The zero-order chi connectivity index (χ0) is 14.5. The molecule has 0 saturated heterocycles. The molecule has 0 aliphatic rings. The first kappa shape index (κ1) is 15.9. The van der Waals surface area contributed by atoms with Gasteiger partial charge in [-0.05, 0) is 49.2 Å². The monoisotopic (exact) mass is 268 g/mol. The highest BCUT2D eigenvalue weighted by Gasteiger charge is 2.18. The number of hydrogen-bond donors (Lipinski definition) is 1. The maximum absolute atomic E-state index is 13.2. The molecule has 1 aromatic carbocycles. The van der Waals surface area contributed by atoms with E-state index < -0.39 is 0 Å². The molecule has 0 unspecified atom stereocenters. The Hall–Kier alpha value is -1.13. The van der Waals surface area contributed by atoms with E-state index in [1.165, 1.54) is 6.07 Å². The molecule has 19 heavy (non-hydrogen) atoms. The fourth-order valence-corrected chi connectivity index (χ4v) is 2.13. The highest BCUT2D eigenvalue weighted by atomic mass is 19.1. The molecule has 4 heteroatoms. The van der Waals surface area contributed by atoms with E-state index in [4.69, 9.17) is 10.5 Å². The topological polar surface area (TPSA) is 38.5 Å². The zero-order valence-corrected chi connectivity index (χ0v) is 12.4. The highest BCUT2D eigenvalue weighted by Crippen LogP contribution is 2.20. The van der Waals surface area contributed by atoms with Gasteiger partial charge in [-0.3, -0.25) is 0 Å². The number of nitrogens with zero attached hydrogens (tertiary/aromatic N) is 1. The molecular formula is C15H25FN2O. The van der Waals surface area contributed by atoms with E-state index in [0.717, 1.165) is 30.8 Å². The summed E-state index contributed by atoms with van der Waals surface area (Å²) in [6.07, 6.45) is 0.762. The van der Waals surface area contributed by atoms with Crippen LogP contribution in [0.4, 0.5) is 4.39 Å². The quantitative estimate of drug-likeness (QED) is 0.824. The molecule has 0 bridgehead atoms. The molecule has 1 rings (SSSR count). The molecule has 0 saturated carbocycles. The maximum atomic E-state index is 13.2. The fourth-order valence-electron chi connectivity index (χ4n) is 2.13. The molecule has 0 amide bonds. The van der Waals surface area contributed by atoms with Crippen molar-refractivity contribution in [2.24, 2.45) is 11.1 Å². The largest absolute Gasteiger partial charge is 0.496 e. The van der Waals surface area contributed by atoms with Crippen LogP contribution in [-0.2, 0) is 6.42 Å². The smallest absolute Gasteiger partial charge is 0.123 e. The molecule has 0 aromatic heterocycles. The van der Waals surface area contributed by atoms with Crippen LogP contribution >= 0.6 is 0 Å². The van der Waals surface area contributed by atoms with Gasteiger partial charge in [0.05, 0.1) is 7.11 Å². The van der Waals surface area contributed by atoms with E-state index in [9.17, 15) is 4.39 Å². The minimum absolute atomic E-state index is 0.0980. The standard InChI is InChI=1S/C15H25FN2O/c1-15(2,10-17)11-18(3)8-7-12-9-13(16)5-6-14(12)19-4/h5-6,9H,7-8,10-11,17H2,1-4H3. The number of benzene rings is 1. The Morgan fingerprint density at radius 2 is 2.05 bits per heavy atom. The summed E-state index contributed by atoms with van der Waals surface area (Å²) in [4.78, 5) is 2.22. The molecule has 0 aliphatic carbocycles. The SMILES string of the molecule is COc1ccc(F)cc1CCN(C)CC(C)(C)CN. The Kier molecular flexibility index (Phi) is 5.76. The van der Waals surface area contributed by atoms with Gasteiger partial charge in [0.15, 0.2) is 0 Å². The van der Waals surface area contributed by atoms with Crippen molar-refractivity contribution in [1.82, 2.24) is 4.90 Å². The number of likely N-dealkylation sites (N-methyl/N-ethyl adjacent to an activating group) is 1. The van der Waals surface area contributed by atoms with Gasteiger partial charge in [0.1, 0.15) is 11.6 Å². The second-order valence-corrected chi connectivity index (χ2v) is 5.81. The van der Waals surface area contributed by atoms with Crippen LogP contribution in [0.15, 0.2) is 18.2 Å². The Labute approximate surface area is 115 Å². The Morgan fingerprint density at radius 3 is 2.63 bits per heavy atom. The van der Waals surface area contributed by atoms with Crippen LogP contribution < -0.4 is 10.5 Å². The summed E-state index contributed by atoms with van der Waals surface area (Å²) in [5.41, 5.74) is 6.73. The fraction of sp³-hybridized carbons (Fsp3) is 0.600. The number of nitrogens with two attached hydrogens (primary N) is 1. The number of methoxy groups -OCH3 is 1. The third-order valence-electron chi connectivity index (χ3n) is 3.26. The molecular weight excluding hydrogens is 243 g/mol. The van der Waals surface area contributed by atoms with Crippen molar-refractivity contribution in [3.8, 4) is 5.75 Å². The van der Waals surface area contributed by atoms with Crippen LogP contribution in [0.25, 0.3) is 0 Å². The molecule has 0 spiro atoms. The van der Waals surface area contributed by atoms with E-state index in [1.807, 2.05) is 0 Å². The molecule has 2 N–H and O–H groups in total. The van der Waals surface area contributed by atoms with Crippen LogP contribution in [-0.4, -0.2) is 38.7 Å². The van der Waals surface area contributed by atoms with E-state index in [0.29, 0.717) is 6.54 Å². The Bertz CT molecular complexity index is 407. The highest BCUT2D eigenvalue weighted by molar-refractivity contribution is 5.34. The third-order valence-corrected chi connectivity index (χ3v) is 3.26. The minimum Gasteiger partial charge on any atom is -0.496 e. The van der Waals surface area contributed by atoms with Gasteiger partial charge >= 0.3 is 0 Å². The van der Waals surface area contributed by atoms with Crippen molar-refractivity contribution in [2.45, 2.75) is 20.3 Å². The van der Waals surface area contributed by atoms with Crippen molar-refractivity contribution in [3.05, 3.63) is 29.6 Å². The van der Waals surface area contributed by atoms with E-state index in [1.54, 1.807) is 19.2 Å². The molecule has 108 valence electrons. The van der Waals surface area contributed by atoms with Crippen LogP contribution in [0, 0.1) is 11.2 Å². The molecule has 3 nitrogen and oxygen atoms in total. The second-order valence-electron chi connectivity index (χ2n) is 5.81. The van der Waals surface area contributed by atoms with Gasteiger partial charge in [-0.1, -0.05) is 13.8 Å². The van der Waals surface area contributed by atoms with Crippen molar-refractivity contribution in [2.75, 3.05) is 33.8 Å². The van der Waals surface area contributed by atoms with Crippen molar-refractivity contribution >= 4 is 0 Å². The van der Waals surface area contributed by atoms with Gasteiger partial charge in [-0.2, -0.15) is 0 Å². The van der Waals surface area contributed by atoms with Crippen LogP contribution in [0.1, 0.15) is 19.4 Å². The van der Waals surface area contributed by atoms with Crippen molar-refractivity contribution < 1.29 is 9.13 Å². The van der Waals surface area contributed by atoms with Crippen molar-refractivity contribution in [1.29, 1.82) is 0 Å². The average Bonchev–Trinajstić information content (AvgIpc) is 2.36. The van der Waals surface area contributed by atoms with Gasteiger partial charge in [0.25, 0.3) is 0 Å². The van der Waals surface area contributed by atoms with E-state index in [2.05, 4.69) is 25.8 Å². The van der Waals surface area contributed by atoms with Gasteiger partial charge in [-0.15, -0.1) is 0 Å². The van der Waals surface area contributed by atoms with Crippen molar-refractivity contribution in [3.63, 3.8) is 0 Å². The summed E-state index contributed by atoms with van der Waals surface area (Å²) < 4.78 is 18.5. The normalized spacial score (nSPS) is 11.9. The van der Waals surface area contributed by atoms with Gasteiger partial charge < -0.3 is 15.4 Å². The van der Waals surface area contributed by atoms with Crippen LogP contribution in [0.3, 0.4) is 0 Å². The molecule has 1 aromatic rings. The lowest BCUT2D eigenvalue weighted by Gasteiger charge is -2.29. The lowest BCUT2D eigenvalue weighted by atomic mass is 9.93. The van der Waals surface area contributed by atoms with Gasteiger partial charge in [0.2, 0.25) is 0 Å². The first-order valence-electron chi connectivity index (χ1n) is 6.59. The number of halogens is 1. The maximum Gasteiger partial charge on any atom is 0.123 e. The second kappa shape index (κ2) is 6.87. The lowest BCUT2D eigenvalue weighted by Crippen LogP contribution is -2.37. The molecule has 0 fully saturated rings. The number of rotatable bonds is 7. The molecule has 0 aliphatic heterocycles. The number of ether oxygens (including phenoxy) is 1. The minimum atomic E-state index is -0.222. The summed E-state index contributed by atoms with van der Waals surface area (Å²) in [6, 6.07) is 4.64. The van der Waals surface area contributed by atoms with Gasteiger partial charge in [0, 0.05) is 13.1 Å². The third kappa shape index (κ3) is 5.17. The predicted molar refractivity (Wildman–Crippen MR) is 77.0 cm³/mol. The van der Waals surface area contributed by atoms with Gasteiger partial charge in [-0.25, -0.2) is 4.39 Å². The summed E-state index contributed by atoms with van der Waals surface area (Å²) in [7, 11) is 3.67. The van der Waals surface area contributed by atoms with E-state index in [-0.39, 0.29) is 11.2 Å². The zero-order valence-electron chi connectivity index (χ0n) is 12.4. The summed E-state index contributed by atoms with van der Waals surface area (Å²) in [5, 5.41) is 0. The molecule has 0 radical (unpaired) electrons. The molecule has 0 heterocycles. The van der Waals surface area contributed by atoms with E-state index >= 15 is 0 Å². The first-order valence-corrected chi connectivity index (χ1v) is 6.59. The summed E-state index contributed by atoms with van der Waals surface area (Å²) >= 11 is 0. The average molecular weight is 268 g/mol. The summed E-state index contributed by atoms with van der Waals surface area (Å²) in [5.74, 6) is 0.522. The lowest BCUT2D eigenvalue weighted by molar-refractivity contribution is 0.217. The Balaban J connectivity index is 2.59. The number of hydrogen-bond acceptors (Lipinski definition) is 3. The summed E-state index contributed by atoms with van der Waals surface area (Å²) in [6.45, 7) is 6.71. The van der Waals surface area contributed by atoms with Crippen LogP contribution in [0.2, 0.25) is 0 Å². The van der Waals surface area contributed by atoms with Crippen LogP contribution in [0.5, 0.6) is 5.75 Å². The molecule has 0 atom stereocenters.